The van der Waals surface area contributed by atoms with E-state index in [0.29, 0.717) is 6.54 Å². The third-order valence-electron chi connectivity index (χ3n) is 1.76. The number of carbonyl (C=O) groups excluding carboxylic acids is 1. The zero-order chi connectivity index (χ0) is 7.72. The summed E-state index contributed by atoms with van der Waals surface area (Å²) in [4.78, 5) is 14.4. The molecular weight excluding hydrogens is 152 g/mol. The minimum Gasteiger partial charge on any atom is -0.316 e. The van der Waals surface area contributed by atoms with Gasteiger partial charge in [-0.25, -0.2) is 0 Å². The van der Waals surface area contributed by atoms with Crippen LogP contribution in [0.2, 0.25) is 0 Å². The number of likely N-dealkylation sites (N-methyl/N-ethyl adjacent to an activating group) is 2. The summed E-state index contributed by atoms with van der Waals surface area (Å²) in [5, 5.41) is 0. The third-order valence-corrected chi connectivity index (χ3v) is 2.33. The predicted octanol–water partition coefficient (Wildman–Crippen LogP) is 0.303. The van der Waals surface area contributed by atoms with Crippen LogP contribution >= 0.6 is 11.6 Å². The second-order valence-corrected chi connectivity index (χ2v) is 2.77. The molecule has 0 bridgehead atoms. The fourth-order valence-corrected chi connectivity index (χ4v) is 1.30. The lowest BCUT2D eigenvalue weighted by Crippen LogP contribution is -2.31. The summed E-state index contributed by atoms with van der Waals surface area (Å²) in [6.45, 7) is 3.27. The predicted molar refractivity (Wildman–Crippen MR) is 39.7 cm³/mol. The van der Waals surface area contributed by atoms with Crippen molar-refractivity contribution in [3.8, 4) is 0 Å². The van der Waals surface area contributed by atoms with Gasteiger partial charge in [-0.1, -0.05) is 18.5 Å². The van der Waals surface area contributed by atoms with Gasteiger partial charge < -0.3 is 4.90 Å². The first-order valence-electron chi connectivity index (χ1n) is 3.30. The van der Waals surface area contributed by atoms with Gasteiger partial charge in [0.25, 0.3) is 0 Å². The van der Waals surface area contributed by atoms with Gasteiger partial charge in [-0.3, -0.25) is 9.69 Å². The molecular formula is C6H11ClN2O. The van der Waals surface area contributed by atoms with Crippen LogP contribution in [-0.2, 0) is 4.79 Å². The highest BCUT2D eigenvalue weighted by Crippen LogP contribution is 2.15. The summed E-state index contributed by atoms with van der Waals surface area (Å²) in [6, 6.07) is 0. The molecule has 1 heterocycles. The van der Waals surface area contributed by atoms with Crippen molar-refractivity contribution in [2.75, 3.05) is 20.1 Å². The van der Waals surface area contributed by atoms with E-state index in [0.717, 1.165) is 6.54 Å². The average molecular weight is 163 g/mol. The molecule has 1 unspecified atom stereocenters. The van der Waals surface area contributed by atoms with E-state index in [2.05, 4.69) is 0 Å². The summed E-state index contributed by atoms with van der Waals surface area (Å²) in [5.74, 6) is 0.0989. The van der Waals surface area contributed by atoms with Crippen LogP contribution in [0.15, 0.2) is 0 Å². The molecule has 10 heavy (non-hydrogen) atoms. The molecule has 58 valence electrons. The number of hydrogen-bond acceptors (Lipinski definition) is 2. The van der Waals surface area contributed by atoms with Gasteiger partial charge in [0.15, 0.2) is 5.62 Å². The van der Waals surface area contributed by atoms with Crippen LogP contribution in [0.3, 0.4) is 0 Å². The first-order chi connectivity index (χ1) is 4.66. The Kier molecular flexibility index (Phi) is 2.16. The second kappa shape index (κ2) is 2.76. The van der Waals surface area contributed by atoms with E-state index in [1.54, 1.807) is 11.9 Å². The summed E-state index contributed by atoms with van der Waals surface area (Å²) in [5.41, 5.74) is -0.238. The smallest absolute Gasteiger partial charge is 0.238 e. The monoisotopic (exact) mass is 162 g/mol. The van der Waals surface area contributed by atoms with Crippen molar-refractivity contribution in [1.82, 2.24) is 9.80 Å². The molecule has 1 aliphatic heterocycles. The van der Waals surface area contributed by atoms with Crippen molar-refractivity contribution >= 4 is 17.5 Å². The Morgan fingerprint density at radius 3 is 2.60 bits per heavy atom. The van der Waals surface area contributed by atoms with Gasteiger partial charge in [0.2, 0.25) is 5.91 Å². The van der Waals surface area contributed by atoms with E-state index < -0.39 is 0 Å². The van der Waals surface area contributed by atoms with Crippen LogP contribution in [-0.4, -0.2) is 41.5 Å². The van der Waals surface area contributed by atoms with Crippen LogP contribution in [0, 0.1) is 0 Å². The normalized spacial score (nSPS) is 28.1. The number of rotatable bonds is 1. The standard InChI is InChI=1S/C6H11ClN2O/c1-3-9-4-5(10)8(2)6(9)7/h6H,3-4H2,1-2H3. The van der Waals surface area contributed by atoms with E-state index in [9.17, 15) is 4.79 Å². The Morgan fingerprint density at radius 1 is 1.80 bits per heavy atom. The van der Waals surface area contributed by atoms with Gasteiger partial charge in [0.05, 0.1) is 6.54 Å². The number of alkyl halides is 1. The fraction of sp³-hybridized carbons (Fsp3) is 0.833. The molecule has 0 aromatic carbocycles. The van der Waals surface area contributed by atoms with Crippen molar-refractivity contribution < 1.29 is 4.79 Å². The molecule has 0 N–H and O–H groups in total. The van der Waals surface area contributed by atoms with Crippen molar-refractivity contribution in [1.29, 1.82) is 0 Å². The van der Waals surface area contributed by atoms with Crippen LogP contribution in [0.25, 0.3) is 0 Å². The van der Waals surface area contributed by atoms with Crippen LogP contribution in [0.1, 0.15) is 6.92 Å². The number of halogens is 1. The Hall–Kier alpha value is -0.280. The molecule has 0 spiro atoms. The number of carbonyl (C=O) groups is 1. The van der Waals surface area contributed by atoms with Gasteiger partial charge in [0.1, 0.15) is 0 Å². The molecule has 0 aromatic rings. The summed E-state index contributed by atoms with van der Waals surface area (Å²) in [7, 11) is 1.72. The van der Waals surface area contributed by atoms with E-state index in [4.69, 9.17) is 11.6 Å². The van der Waals surface area contributed by atoms with Gasteiger partial charge in [0, 0.05) is 7.05 Å². The highest BCUT2D eigenvalue weighted by molar-refractivity contribution is 6.21. The molecule has 3 nitrogen and oxygen atoms in total. The van der Waals surface area contributed by atoms with Crippen LogP contribution in [0.5, 0.6) is 0 Å². The molecule has 0 aromatic heterocycles. The van der Waals surface area contributed by atoms with Crippen molar-refractivity contribution in [3.63, 3.8) is 0 Å². The Bertz CT molecular complexity index is 151. The summed E-state index contributed by atoms with van der Waals surface area (Å²) in [6.07, 6.45) is 0. The average Bonchev–Trinajstić information content (AvgIpc) is 2.17. The molecule has 0 aliphatic carbocycles. The van der Waals surface area contributed by atoms with Crippen LogP contribution < -0.4 is 0 Å². The van der Waals surface area contributed by atoms with Gasteiger partial charge in [-0.15, -0.1) is 0 Å². The summed E-state index contributed by atoms with van der Waals surface area (Å²) < 4.78 is 0. The largest absolute Gasteiger partial charge is 0.316 e. The minimum atomic E-state index is -0.238. The van der Waals surface area contributed by atoms with Gasteiger partial charge >= 0.3 is 0 Å². The molecule has 0 saturated carbocycles. The number of hydrogen-bond donors (Lipinski definition) is 0. The van der Waals surface area contributed by atoms with E-state index >= 15 is 0 Å². The first-order valence-corrected chi connectivity index (χ1v) is 3.74. The van der Waals surface area contributed by atoms with E-state index in [1.807, 2.05) is 11.8 Å². The van der Waals surface area contributed by atoms with E-state index in [-0.39, 0.29) is 11.5 Å². The SMILES string of the molecule is CCN1CC(=O)N(C)C1Cl. The molecule has 0 radical (unpaired) electrons. The lowest BCUT2D eigenvalue weighted by molar-refractivity contribution is -0.125. The zero-order valence-electron chi connectivity index (χ0n) is 6.17. The van der Waals surface area contributed by atoms with Crippen molar-refractivity contribution in [3.05, 3.63) is 0 Å². The molecule has 1 atom stereocenters. The zero-order valence-corrected chi connectivity index (χ0v) is 6.93. The van der Waals surface area contributed by atoms with Gasteiger partial charge in [-0.2, -0.15) is 0 Å². The molecule has 1 rings (SSSR count). The first kappa shape index (κ1) is 7.82. The molecule has 1 aliphatic rings. The number of nitrogens with zero attached hydrogens (tertiary/aromatic N) is 2. The minimum absolute atomic E-state index is 0.0989. The Labute approximate surface area is 65.5 Å². The lowest BCUT2D eigenvalue weighted by atomic mass is 10.5. The molecule has 1 amide bonds. The lowest BCUT2D eigenvalue weighted by Gasteiger charge is -2.19. The third kappa shape index (κ3) is 1.11. The topological polar surface area (TPSA) is 23.6 Å². The molecule has 1 fully saturated rings. The molecule has 1 saturated heterocycles. The summed E-state index contributed by atoms with van der Waals surface area (Å²) >= 11 is 5.85. The van der Waals surface area contributed by atoms with E-state index in [1.165, 1.54) is 0 Å². The van der Waals surface area contributed by atoms with Crippen molar-refractivity contribution in [2.24, 2.45) is 0 Å². The fourth-order valence-electron chi connectivity index (χ4n) is 0.987. The maximum absolute atomic E-state index is 11.0. The highest BCUT2D eigenvalue weighted by Gasteiger charge is 2.31. The van der Waals surface area contributed by atoms with Crippen LogP contribution in [0.4, 0.5) is 0 Å². The Morgan fingerprint density at radius 2 is 2.40 bits per heavy atom. The second-order valence-electron chi connectivity index (χ2n) is 2.38. The Balaban J connectivity index is 2.61. The highest BCUT2D eigenvalue weighted by atomic mass is 35.5. The van der Waals surface area contributed by atoms with Crippen molar-refractivity contribution in [2.45, 2.75) is 12.5 Å². The molecule has 4 heteroatoms. The maximum Gasteiger partial charge on any atom is 0.238 e. The maximum atomic E-state index is 11.0. The van der Waals surface area contributed by atoms with Gasteiger partial charge in [-0.05, 0) is 6.54 Å². The number of amides is 1. The quantitative estimate of drug-likeness (QED) is 0.409.